The first-order valence-electron chi connectivity index (χ1n) is 11.3. The fourth-order valence-corrected chi connectivity index (χ4v) is 6.38. The average molecular weight is 398 g/mol. The van der Waals surface area contributed by atoms with E-state index in [2.05, 4.69) is 35.9 Å². The summed E-state index contributed by atoms with van der Waals surface area (Å²) in [5.74, 6) is 2.69. The van der Waals surface area contributed by atoms with Crippen LogP contribution in [0.5, 0.6) is 0 Å². The molecule has 0 saturated heterocycles. The minimum Gasteiger partial charge on any atom is -0.338 e. The standard InChI is InChI=1S/C24H35N3O2/c1-15(2)20-6-4-5-16(3)22(20)26-21(28)7-8-25-23(29)27-24-12-17-9-18(13-24)11-19(10-17)14-24/h4-6,15,17-19H,7-14H2,1-3H3,(H,26,28)(H2,25,27,29). The lowest BCUT2D eigenvalue weighted by Crippen LogP contribution is -2.61. The molecule has 29 heavy (non-hydrogen) atoms. The van der Waals surface area contributed by atoms with Crippen LogP contribution in [0.25, 0.3) is 0 Å². The van der Waals surface area contributed by atoms with Gasteiger partial charge in [-0.15, -0.1) is 0 Å². The smallest absolute Gasteiger partial charge is 0.315 e. The Kier molecular flexibility index (Phi) is 5.58. The van der Waals surface area contributed by atoms with Crippen LogP contribution in [0.15, 0.2) is 18.2 Å². The topological polar surface area (TPSA) is 70.2 Å². The highest BCUT2D eigenvalue weighted by atomic mass is 16.2. The Labute approximate surface area is 174 Å². The van der Waals surface area contributed by atoms with Gasteiger partial charge in [0.05, 0.1) is 0 Å². The molecule has 158 valence electrons. The number of hydrogen-bond acceptors (Lipinski definition) is 2. The molecular weight excluding hydrogens is 362 g/mol. The van der Waals surface area contributed by atoms with Crippen molar-refractivity contribution in [2.45, 2.75) is 77.2 Å². The molecule has 4 fully saturated rings. The Morgan fingerprint density at radius 2 is 1.69 bits per heavy atom. The fourth-order valence-electron chi connectivity index (χ4n) is 6.38. The number of benzene rings is 1. The molecule has 1 aromatic rings. The van der Waals surface area contributed by atoms with Crippen LogP contribution in [0.2, 0.25) is 0 Å². The molecule has 5 heteroatoms. The number of para-hydroxylation sites is 1. The molecule has 0 heterocycles. The highest BCUT2D eigenvalue weighted by Crippen LogP contribution is 2.55. The maximum absolute atomic E-state index is 12.5. The minimum atomic E-state index is -0.112. The molecule has 3 amide bonds. The molecule has 0 atom stereocenters. The SMILES string of the molecule is Cc1cccc(C(C)C)c1NC(=O)CCNC(=O)NC12CC3CC(CC(C3)C1)C2. The zero-order chi connectivity index (χ0) is 20.6. The van der Waals surface area contributed by atoms with Crippen LogP contribution in [0.3, 0.4) is 0 Å². The lowest BCUT2D eigenvalue weighted by molar-refractivity contribution is -0.116. The van der Waals surface area contributed by atoms with Crippen molar-refractivity contribution in [2.75, 3.05) is 11.9 Å². The van der Waals surface area contributed by atoms with Gasteiger partial charge in [0.25, 0.3) is 0 Å². The van der Waals surface area contributed by atoms with Gasteiger partial charge in [-0.3, -0.25) is 4.79 Å². The van der Waals surface area contributed by atoms with Gasteiger partial charge in [0.2, 0.25) is 5.91 Å². The Morgan fingerprint density at radius 3 is 2.28 bits per heavy atom. The van der Waals surface area contributed by atoms with Gasteiger partial charge >= 0.3 is 6.03 Å². The summed E-state index contributed by atoms with van der Waals surface area (Å²) < 4.78 is 0. The zero-order valence-electron chi connectivity index (χ0n) is 18.0. The quantitative estimate of drug-likeness (QED) is 0.650. The van der Waals surface area contributed by atoms with Crippen LogP contribution in [0.1, 0.15) is 75.8 Å². The van der Waals surface area contributed by atoms with Crippen molar-refractivity contribution in [3.8, 4) is 0 Å². The van der Waals surface area contributed by atoms with Crippen molar-refractivity contribution in [3.05, 3.63) is 29.3 Å². The van der Waals surface area contributed by atoms with Gasteiger partial charge in [0.15, 0.2) is 0 Å². The number of hydrogen-bond donors (Lipinski definition) is 3. The first-order valence-corrected chi connectivity index (χ1v) is 11.3. The summed E-state index contributed by atoms with van der Waals surface area (Å²) in [4.78, 5) is 25.0. The number of urea groups is 1. The molecule has 3 N–H and O–H groups in total. The number of nitrogens with one attached hydrogen (secondary N) is 3. The lowest BCUT2D eigenvalue weighted by atomic mass is 9.53. The first kappa shape index (κ1) is 20.2. The molecule has 0 aromatic heterocycles. The Balaban J connectivity index is 1.25. The number of aryl methyl sites for hydroxylation is 1. The van der Waals surface area contributed by atoms with Gasteiger partial charge in [0, 0.05) is 24.2 Å². The molecule has 0 aliphatic heterocycles. The summed E-state index contributed by atoms with van der Waals surface area (Å²) >= 11 is 0. The van der Waals surface area contributed by atoms with Crippen molar-refractivity contribution in [1.82, 2.24) is 10.6 Å². The summed E-state index contributed by atoms with van der Waals surface area (Å²) in [7, 11) is 0. The summed E-state index contributed by atoms with van der Waals surface area (Å²) in [6, 6.07) is 5.98. The number of carbonyl (C=O) groups is 2. The second-order valence-corrected chi connectivity index (χ2v) is 10.1. The first-order chi connectivity index (χ1) is 13.8. The number of rotatable bonds is 6. The molecule has 4 aliphatic rings. The third kappa shape index (κ3) is 4.44. The van der Waals surface area contributed by atoms with Crippen molar-refractivity contribution < 1.29 is 9.59 Å². The third-order valence-electron chi connectivity index (χ3n) is 7.25. The van der Waals surface area contributed by atoms with Crippen LogP contribution >= 0.6 is 0 Å². The van der Waals surface area contributed by atoms with Crippen LogP contribution < -0.4 is 16.0 Å². The molecule has 1 aromatic carbocycles. The molecule has 0 unspecified atom stereocenters. The third-order valence-corrected chi connectivity index (χ3v) is 7.25. The van der Waals surface area contributed by atoms with Gasteiger partial charge in [0.1, 0.15) is 0 Å². The predicted octanol–water partition coefficient (Wildman–Crippen LogP) is 4.72. The van der Waals surface area contributed by atoms with Gasteiger partial charge < -0.3 is 16.0 Å². The van der Waals surface area contributed by atoms with Crippen molar-refractivity contribution in [3.63, 3.8) is 0 Å². The maximum Gasteiger partial charge on any atom is 0.315 e. The lowest BCUT2D eigenvalue weighted by Gasteiger charge is -2.56. The normalized spacial score (nSPS) is 29.7. The molecule has 4 aliphatic carbocycles. The van der Waals surface area contributed by atoms with E-state index in [0.29, 0.717) is 12.5 Å². The van der Waals surface area contributed by atoms with Crippen LogP contribution in [-0.4, -0.2) is 24.0 Å². The zero-order valence-corrected chi connectivity index (χ0v) is 18.0. The van der Waals surface area contributed by atoms with E-state index in [0.717, 1.165) is 53.8 Å². The molecular formula is C24H35N3O2. The van der Waals surface area contributed by atoms with Crippen LogP contribution in [0, 0.1) is 24.7 Å². The second-order valence-electron chi connectivity index (χ2n) is 10.1. The number of amides is 3. The van der Waals surface area contributed by atoms with Crippen molar-refractivity contribution >= 4 is 17.6 Å². The summed E-state index contributed by atoms with van der Waals surface area (Å²) in [6.07, 6.45) is 7.77. The summed E-state index contributed by atoms with van der Waals surface area (Å²) in [5.41, 5.74) is 3.13. The van der Waals surface area contributed by atoms with E-state index in [4.69, 9.17) is 0 Å². The predicted molar refractivity (Wildman–Crippen MR) is 116 cm³/mol. The van der Waals surface area contributed by atoms with Crippen LogP contribution in [-0.2, 0) is 4.79 Å². The van der Waals surface area contributed by atoms with E-state index in [-0.39, 0.29) is 23.9 Å². The Hall–Kier alpha value is -2.04. The number of anilines is 1. The van der Waals surface area contributed by atoms with E-state index in [1.165, 1.54) is 19.3 Å². The molecule has 5 nitrogen and oxygen atoms in total. The monoisotopic (exact) mass is 397 g/mol. The van der Waals surface area contributed by atoms with E-state index < -0.39 is 0 Å². The molecule has 4 saturated carbocycles. The molecule has 4 bridgehead atoms. The Morgan fingerprint density at radius 1 is 1.07 bits per heavy atom. The summed E-state index contributed by atoms with van der Waals surface area (Å²) in [5, 5.41) is 9.26. The Bertz CT molecular complexity index is 751. The van der Waals surface area contributed by atoms with Gasteiger partial charge in [-0.05, 0) is 80.2 Å². The molecule has 0 spiro atoms. The average Bonchev–Trinajstić information content (AvgIpc) is 2.61. The van der Waals surface area contributed by atoms with Gasteiger partial charge in [-0.1, -0.05) is 32.0 Å². The van der Waals surface area contributed by atoms with Crippen molar-refractivity contribution in [1.29, 1.82) is 0 Å². The van der Waals surface area contributed by atoms with E-state index in [9.17, 15) is 9.59 Å². The largest absolute Gasteiger partial charge is 0.338 e. The van der Waals surface area contributed by atoms with E-state index >= 15 is 0 Å². The fraction of sp³-hybridized carbons (Fsp3) is 0.667. The van der Waals surface area contributed by atoms with E-state index in [1.54, 1.807) is 0 Å². The highest BCUT2D eigenvalue weighted by Gasteiger charge is 2.51. The minimum absolute atomic E-state index is 0.00834. The highest BCUT2D eigenvalue weighted by molar-refractivity contribution is 5.92. The number of carbonyl (C=O) groups excluding carboxylic acids is 2. The summed E-state index contributed by atoms with van der Waals surface area (Å²) in [6.45, 7) is 6.62. The van der Waals surface area contributed by atoms with E-state index in [1.807, 2.05) is 19.1 Å². The molecule has 0 radical (unpaired) electrons. The second kappa shape index (κ2) is 8.00. The van der Waals surface area contributed by atoms with Gasteiger partial charge in [-0.25, -0.2) is 4.79 Å². The van der Waals surface area contributed by atoms with Gasteiger partial charge in [-0.2, -0.15) is 0 Å². The maximum atomic E-state index is 12.5. The van der Waals surface area contributed by atoms with Crippen LogP contribution in [0.4, 0.5) is 10.5 Å². The van der Waals surface area contributed by atoms with Crippen molar-refractivity contribution in [2.24, 2.45) is 17.8 Å². The molecule has 5 rings (SSSR count).